The minimum Gasteiger partial charge on any atom is -0.510 e. The standard InChI is InChI=1S/C11H9F3N2O3S/c1-7(17)10(6-15)20(18,19)16-9-4-2-8(3-5-9)11(12,13)14/h2-5,10,16-17H,1H2. The molecule has 0 aliphatic heterocycles. The molecule has 0 fully saturated rings. The zero-order valence-corrected chi connectivity index (χ0v) is 10.7. The number of hydrogen-bond donors (Lipinski definition) is 2. The van der Waals surface area contributed by atoms with E-state index in [0.717, 1.165) is 12.1 Å². The highest BCUT2D eigenvalue weighted by atomic mass is 32.2. The van der Waals surface area contributed by atoms with E-state index < -0.39 is 32.8 Å². The maximum absolute atomic E-state index is 12.3. The van der Waals surface area contributed by atoms with Crippen LogP contribution < -0.4 is 4.72 Å². The lowest BCUT2D eigenvalue weighted by atomic mass is 10.2. The SMILES string of the molecule is C=C(O)C(C#N)S(=O)(=O)Nc1ccc(C(F)(F)F)cc1. The number of rotatable bonds is 4. The van der Waals surface area contributed by atoms with E-state index >= 15 is 0 Å². The Kier molecular flexibility index (Phi) is 4.29. The van der Waals surface area contributed by atoms with Gasteiger partial charge in [0, 0.05) is 5.69 Å². The number of nitriles is 1. The fraction of sp³-hybridized carbons (Fsp3) is 0.182. The lowest BCUT2D eigenvalue weighted by molar-refractivity contribution is -0.137. The molecule has 1 aromatic carbocycles. The van der Waals surface area contributed by atoms with Crippen LogP contribution in [0, 0.1) is 11.3 Å². The molecule has 0 aliphatic rings. The van der Waals surface area contributed by atoms with Gasteiger partial charge in [0.05, 0.1) is 11.6 Å². The van der Waals surface area contributed by atoms with E-state index in [1.807, 2.05) is 4.72 Å². The predicted molar refractivity (Wildman–Crippen MR) is 65.2 cm³/mol. The summed E-state index contributed by atoms with van der Waals surface area (Å²) in [7, 11) is -4.31. The molecule has 0 saturated carbocycles. The van der Waals surface area contributed by atoms with Crippen molar-refractivity contribution in [3.63, 3.8) is 0 Å². The number of anilines is 1. The first-order valence-corrected chi connectivity index (χ1v) is 6.59. The Labute approximate surface area is 113 Å². The number of sulfonamides is 1. The predicted octanol–water partition coefficient (Wildman–Crippen LogP) is 2.41. The lowest BCUT2D eigenvalue weighted by Gasteiger charge is -2.12. The summed E-state index contributed by atoms with van der Waals surface area (Å²) in [5.74, 6) is -0.882. The molecule has 20 heavy (non-hydrogen) atoms. The molecule has 0 aromatic heterocycles. The zero-order valence-electron chi connectivity index (χ0n) is 9.85. The van der Waals surface area contributed by atoms with Crippen LogP contribution in [0.2, 0.25) is 0 Å². The molecule has 1 unspecified atom stereocenters. The van der Waals surface area contributed by atoms with E-state index in [9.17, 15) is 21.6 Å². The molecule has 0 spiro atoms. The fourth-order valence-electron chi connectivity index (χ4n) is 1.27. The smallest absolute Gasteiger partial charge is 0.416 e. The van der Waals surface area contributed by atoms with Gasteiger partial charge in [0.2, 0.25) is 5.25 Å². The fourth-order valence-corrected chi connectivity index (χ4v) is 2.35. The topological polar surface area (TPSA) is 90.2 Å². The van der Waals surface area contributed by atoms with E-state index in [2.05, 4.69) is 6.58 Å². The Hall–Kier alpha value is -2.21. The minimum atomic E-state index is -4.54. The van der Waals surface area contributed by atoms with E-state index in [-0.39, 0.29) is 5.69 Å². The molecule has 9 heteroatoms. The van der Waals surface area contributed by atoms with Crippen LogP contribution in [0.5, 0.6) is 0 Å². The van der Waals surface area contributed by atoms with Crippen molar-refractivity contribution in [2.75, 3.05) is 4.72 Å². The van der Waals surface area contributed by atoms with Crippen LogP contribution in [0.4, 0.5) is 18.9 Å². The summed E-state index contributed by atoms with van der Waals surface area (Å²) >= 11 is 0. The molecule has 0 radical (unpaired) electrons. The zero-order chi connectivity index (χ0) is 15.6. The Morgan fingerprint density at radius 3 is 2.20 bits per heavy atom. The summed E-state index contributed by atoms with van der Waals surface area (Å²) in [5.41, 5.74) is -1.11. The Morgan fingerprint density at radius 1 is 1.35 bits per heavy atom. The van der Waals surface area contributed by atoms with Crippen LogP contribution in [0.1, 0.15) is 5.56 Å². The van der Waals surface area contributed by atoms with Gasteiger partial charge in [0.15, 0.2) is 0 Å². The number of aliphatic hydroxyl groups is 1. The van der Waals surface area contributed by atoms with Gasteiger partial charge in [0.1, 0.15) is 5.76 Å². The summed E-state index contributed by atoms with van der Waals surface area (Å²) in [6, 6.07) is 4.49. The van der Waals surface area contributed by atoms with Crippen LogP contribution in [-0.4, -0.2) is 18.8 Å². The van der Waals surface area contributed by atoms with Crippen molar-refractivity contribution in [2.24, 2.45) is 0 Å². The molecule has 1 aromatic rings. The minimum absolute atomic E-state index is 0.167. The van der Waals surface area contributed by atoms with Crippen molar-refractivity contribution in [3.8, 4) is 6.07 Å². The molecular weight excluding hydrogens is 297 g/mol. The van der Waals surface area contributed by atoms with Crippen molar-refractivity contribution < 1.29 is 26.7 Å². The Bertz CT molecular complexity index is 645. The molecule has 0 saturated heterocycles. The second-order valence-electron chi connectivity index (χ2n) is 3.72. The summed E-state index contributed by atoms with van der Waals surface area (Å²) in [5, 5.41) is 15.7. The lowest BCUT2D eigenvalue weighted by Crippen LogP contribution is -2.28. The highest BCUT2D eigenvalue weighted by Gasteiger charge is 2.31. The average Bonchev–Trinajstić information content (AvgIpc) is 2.27. The van der Waals surface area contributed by atoms with Gasteiger partial charge in [-0.05, 0) is 24.3 Å². The van der Waals surface area contributed by atoms with Gasteiger partial charge in [-0.2, -0.15) is 18.4 Å². The largest absolute Gasteiger partial charge is 0.510 e. The number of nitrogens with one attached hydrogen (secondary N) is 1. The first-order chi connectivity index (χ1) is 9.08. The van der Waals surface area contributed by atoms with E-state index in [1.165, 1.54) is 6.07 Å². The first-order valence-electron chi connectivity index (χ1n) is 5.04. The molecule has 0 aliphatic carbocycles. The normalized spacial score (nSPS) is 13.3. The van der Waals surface area contributed by atoms with Crippen molar-refractivity contribution >= 4 is 15.7 Å². The van der Waals surface area contributed by atoms with Gasteiger partial charge in [0.25, 0.3) is 10.0 Å². The summed E-state index contributed by atoms with van der Waals surface area (Å²) in [4.78, 5) is 0. The number of alkyl halides is 3. The van der Waals surface area contributed by atoms with Crippen LogP contribution in [-0.2, 0) is 16.2 Å². The van der Waals surface area contributed by atoms with Crippen LogP contribution in [0.25, 0.3) is 0 Å². The molecule has 0 amide bonds. The third-order valence-electron chi connectivity index (χ3n) is 2.20. The van der Waals surface area contributed by atoms with E-state index in [4.69, 9.17) is 10.4 Å². The maximum Gasteiger partial charge on any atom is 0.416 e. The van der Waals surface area contributed by atoms with Crippen molar-refractivity contribution in [3.05, 3.63) is 42.2 Å². The van der Waals surface area contributed by atoms with Crippen molar-refractivity contribution in [1.29, 1.82) is 5.26 Å². The molecule has 1 rings (SSSR count). The van der Waals surface area contributed by atoms with Gasteiger partial charge in [-0.25, -0.2) is 8.42 Å². The third kappa shape index (κ3) is 3.64. The summed E-state index contributed by atoms with van der Waals surface area (Å²) in [6.07, 6.45) is -4.54. The highest BCUT2D eigenvalue weighted by molar-refractivity contribution is 7.93. The van der Waals surface area contributed by atoms with Gasteiger partial charge >= 0.3 is 6.18 Å². The van der Waals surface area contributed by atoms with Gasteiger partial charge in [-0.15, -0.1) is 0 Å². The number of aliphatic hydroxyl groups excluding tert-OH is 1. The Balaban J connectivity index is 3.00. The second-order valence-corrected chi connectivity index (χ2v) is 5.49. The molecule has 108 valence electrons. The summed E-state index contributed by atoms with van der Waals surface area (Å²) in [6.45, 7) is 2.95. The maximum atomic E-state index is 12.3. The quantitative estimate of drug-likeness (QED) is 0.836. The second kappa shape index (κ2) is 5.42. The van der Waals surface area contributed by atoms with Gasteiger partial charge in [-0.3, -0.25) is 4.72 Å². The molecular formula is C11H9F3N2O3S. The van der Waals surface area contributed by atoms with E-state index in [1.54, 1.807) is 0 Å². The molecule has 5 nitrogen and oxygen atoms in total. The number of halogens is 3. The number of nitrogens with zero attached hydrogens (tertiary/aromatic N) is 1. The average molecular weight is 306 g/mol. The Morgan fingerprint density at radius 2 is 1.85 bits per heavy atom. The summed E-state index contributed by atoms with van der Waals surface area (Å²) < 4.78 is 62.2. The highest BCUT2D eigenvalue weighted by Crippen LogP contribution is 2.30. The third-order valence-corrected chi connectivity index (χ3v) is 3.72. The van der Waals surface area contributed by atoms with Crippen molar-refractivity contribution in [1.82, 2.24) is 0 Å². The molecule has 1 atom stereocenters. The number of hydrogen-bond acceptors (Lipinski definition) is 4. The molecule has 2 N–H and O–H groups in total. The van der Waals surface area contributed by atoms with Crippen LogP contribution >= 0.6 is 0 Å². The number of benzene rings is 1. The van der Waals surface area contributed by atoms with E-state index in [0.29, 0.717) is 12.1 Å². The monoisotopic (exact) mass is 306 g/mol. The van der Waals surface area contributed by atoms with Crippen LogP contribution in [0.3, 0.4) is 0 Å². The van der Waals surface area contributed by atoms with Gasteiger partial charge < -0.3 is 5.11 Å². The van der Waals surface area contributed by atoms with Crippen molar-refractivity contribution in [2.45, 2.75) is 11.4 Å². The molecule has 0 heterocycles. The first kappa shape index (κ1) is 15.8. The van der Waals surface area contributed by atoms with Gasteiger partial charge in [-0.1, -0.05) is 6.58 Å². The van der Waals surface area contributed by atoms with Crippen LogP contribution in [0.15, 0.2) is 36.6 Å². The molecule has 0 bridgehead atoms.